The van der Waals surface area contributed by atoms with Crippen LogP contribution in [-0.2, 0) is 5.41 Å². The highest BCUT2D eigenvalue weighted by Gasteiger charge is 2.38. The van der Waals surface area contributed by atoms with E-state index < -0.39 is 0 Å². The lowest BCUT2D eigenvalue weighted by atomic mass is 9.80. The highest BCUT2D eigenvalue weighted by Crippen LogP contribution is 2.53. The van der Waals surface area contributed by atoms with Crippen molar-refractivity contribution in [2.24, 2.45) is 0 Å². The summed E-state index contributed by atoms with van der Waals surface area (Å²) in [7, 11) is 0. The molecule has 0 spiro atoms. The Morgan fingerprint density at radius 2 is 0.962 bits per heavy atom. The minimum atomic E-state index is -0.182. The first-order valence-corrected chi connectivity index (χ1v) is 17.9. The molecule has 5 nitrogen and oxygen atoms in total. The average molecular weight is 682 g/mol. The van der Waals surface area contributed by atoms with E-state index in [1.54, 1.807) is 0 Å². The summed E-state index contributed by atoms with van der Waals surface area (Å²) >= 11 is 0. The number of nitrogens with zero attached hydrogens (tertiary/aromatic N) is 3. The third-order valence-electron chi connectivity index (χ3n) is 10.9. The molecule has 1 aliphatic carbocycles. The molecule has 3 aromatic heterocycles. The molecule has 1 aliphatic rings. The van der Waals surface area contributed by atoms with Crippen LogP contribution in [0.4, 0.5) is 0 Å². The van der Waals surface area contributed by atoms with E-state index in [2.05, 4.69) is 98.8 Å². The third kappa shape index (κ3) is 4.54. The van der Waals surface area contributed by atoms with Crippen LogP contribution >= 0.6 is 0 Å². The quantitative estimate of drug-likeness (QED) is 0.185. The van der Waals surface area contributed by atoms with Crippen LogP contribution in [0.2, 0.25) is 0 Å². The van der Waals surface area contributed by atoms with Crippen molar-refractivity contribution in [2.45, 2.75) is 19.3 Å². The molecular weight excluding hydrogens is 651 g/mol. The van der Waals surface area contributed by atoms with E-state index >= 15 is 0 Å². The largest absolute Gasteiger partial charge is 0.456 e. The fraction of sp³-hybridized carbons (Fsp3) is 0.0625. The maximum atomic E-state index is 6.30. The van der Waals surface area contributed by atoms with E-state index in [1.807, 2.05) is 66.7 Å². The number of fused-ring (bicyclic) bond motifs is 10. The molecule has 3 heterocycles. The van der Waals surface area contributed by atoms with Crippen molar-refractivity contribution in [3.05, 3.63) is 163 Å². The van der Waals surface area contributed by atoms with Gasteiger partial charge in [0.15, 0.2) is 17.5 Å². The summed E-state index contributed by atoms with van der Waals surface area (Å²) in [5.41, 5.74) is 13.5. The van der Waals surface area contributed by atoms with Crippen molar-refractivity contribution in [1.29, 1.82) is 0 Å². The monoisotopic (exact) mass is 681 g/mol. The Morgan fingerprint density at radius 1 is 0.396 bits per heavy atom. The number of benzene rings is 7. The number of hydrogen-bond donors (Lipinski definition) is 0. The number of rotatable bonds is 4. The Labute approximate surface area is 305 Å². The highest BCUT2D eigenvalue weighted by atomic mass is 16.3. The van der Waals surface area contributed by atoms with Gasteiger partial charge in [-0.2, -0.15) is 0 Å². The predicted octanol–water partition coefficient (Wildman–Crippen LogP) is 12.6. The first kappa shape index (κ1) is 29.8. The zero-order valence-corrected chi connectivity index (χ0v) is 29.1. The van der Waals surface area contributed by atoms with Gasteiger partial charge in [-0.25, -0.2) is 15.0 Å². The van der Waals surface area contributed by atoms with E-state index in [-0.39, 0.29) is 5.41 Å². The second-order valence-corrected chi connectivity index (χ2v) is 14.4. The smallest absolute Gasteiger partial charge is 0.164 e. The lowest BCUT2D eigenvalue weighted by Crippen LogP contribution is -2.15. The fourth-order valence-corrected chi connectivity index (χ4v) is 8.37. The van der Waals surface area contributed by atoms with Gasteiger partial charge in [-0.15, -0.1) is 0 Å². The molecule has 0 saturated heterocycles. The minimum Gasteiger partial charge on any atom is -0.456 e. The van der Waals surface area contributed by atoms with Crippen LogP contribution in [-0.4, -0.2) is 15.0 Å². The molecule has 0 amide bonds. The summed E-state index contributed by atoms with van der Waals surface area (Å²) in [6.07, 6.45) is 0. The summed E-state index contributed by atoms with van der Waals surface area (Å²) in [5, 5.41) is 4.48. The second kappa shape index (κ2) is 11.1. The summed E-state index contributed by atoms with van der Waals surface area (Å²) in [6, 6.07) is 52.5. The standard InChI is InChI=1S/C48H31N3O2/c1-48(2)38-22-19-30(26-36(38)34-21-24-42-43(44(34)48)35-16-7-9-18-40(35)53-42)29-13-10-14-31(25-29)46-49-45(28-11-4-3-5-12-28)50-47(51-46)32-20-23-41-37(27-32)33-15-6-8-17-39(33)52-41/h3-27H,1-2H3. The molecule has 5 heteroatoms. The van der Waals surface area contributed by atoms with Crippen molar-refractivity contribution in [2.75, 3.05) is 0 Å². The van der Waals surface area contributed by atoms with Gasteiger partial charge in [0.2, 0.25) is 0 Å². The van der Waals surface area contributed by atoms with Gasteiger partial charge < -0.3 is 8.83 Å². The highest BCUT2D eigenvalue weighted by molar-refractivity contribution is 6.11. The topological polar surface area (TPSA) is 65.0 Å². The molecule has 0 aliphatic heterocycles. The van der Waals surface area contributed by atoms with Gasteiger partial charge in [0, 0.05) is 43.7 Å². The fourth-order valence-electron chi connectivity index (χ4n) is 8.37. The summed E-state index contributed by atoms with van der Waals surface area (Å²) < 4.78 is 12.4. The normalized spacial score (nSPS) is 13.2. The lowest BCUT2D eigenvalue weighted by molar-refractivity contribution is 0.657. The van der Waals surface area contributed by atoms with Crippen LogP contribution in [0.15, 0.2) is 160 Å². The van der Waals surface area contributed by atoms with Crippen molar-refractivity contribution in [3.63, 3.8) is 0 Å². The van der Waals surface area contributed by atoms with E-state index in [4.69, 9.17) is 23.8 Å². The molecule has 11 rings (SSSR count). The van der Waals surface area contributed by atoms with Crippen LogP contribution in [0.1, 0.15) is 25.0 Å². The van der Waals surface area contributed by atoms with Crippen LogP contribution in [0.3, 0.4) is 0 Å². The SMILES string of the molecule is CC1(C)c2ccc(-c3cccc(-c4nc(-c5ccccc5)nc(-c5ccc6oc7ccccc7c6c5)n4)c3)cc2-c2ccc3oc4ccccc4c3c21. The molecule has 10 aromatic rings. The summed E-state index contributed by atoms with van der Waals surface area (Å²) in [5.74, 6) is 1.86. The first-order chi connectivity index (χ1) is 26.0. The van der Waals surface area contributed by atoms with Crippen molar-refractivity contribution >= 4 is 43.9 Å². The molecule has 0 unspecified atom stereocenters. The maximum absolute atomic E-state index is 6.30. The van der Waals surface area contributed by atoms with Gasteiger partial charge in [-0.3, -0.25) is 0 Å². The predicted molar refractivity (Wildman–Crippen MR) is 214 cm³/mol. The number of aromatic nitrogens is 3. The van der Waals surface area contributed by atoms with Gasteiger partial charge in [-0.1, -0.05) is 117 Å². The Morgan fingerprint density at radius 3 is 1.77 bits per heavy atom. The zero-order valence-electron chi connectivity index (χ0n) is 29.1. The van der Waals surface area contributed by atoms with Gasteiger partial charge in [0.05, 0.1) is 0 Å². The molecule has 0 saturated carbocycles. The Kier molecular flexibility index (Phi) is 6.23. The van der Waals surface area contributed by atoms with Gasteiger partial charge in [0.1, 0.15) is 22.3 Å². The van der Waals surface area contributed by atoms with Crippen LogP contribution in [0.25, 0.3) is 100 Å². The molecular formula is C48H31N3O2. The Balaban J connectivity index is 1.04. The second-order valence-electron chi connectivity index (χ2n) is 14.4. The van der Waals surface area contributed by atoms with Crippen molar-refractivity contribution < 1.29 is 8.83 Å². The lowest BCUT2D eigenvalue weighted by Gasteiger charge is -2.22. The molecule has 0 radical (unpaired) electrons. The summed E-state index contributed by atoms with van der Waals surface area (Å²) in [4.78, 5) is 15.1. The molecule has 7 aromatic carbocycles. The Hall–Kier alpha value is -6.85. The van der Waals surface area contributed by atoms with Crippen molar-refractivity contribution in [1.82, 2.24) is 15.0 Å². The molecule has 0 fully saturated rings. The molecule has 53 heavy (non-hydrogen) atoms. The third-order valence-corrected chi connectivity index (χ3v) is 10.9. The van der Waals surface area contributed by atoms with Crippen LogP contribution in [0.5, 0.6) is 0 Å². The number of hydrogen-bond acceptors (Lipinski definition) is 5. The molecule has 0 atom stereocenters. The Bertz CT molecular complexity index is 3100. The molecule has 0 bridgehead atoms. The summed E-state index contributed by atoms with van der Waals surface area (Å²) in [6.45, 7) is 4.66. The van der Waals surface area contributed by atoms with Gasteiger partial charge >= 0.3 is 0 Å². The van der Waals surface area contributed by atoms with Crippen LogP contribution in [0, 0.1) is 0 Å². The first-order valence-electron chi connectivity index (χ1n) is 17.9. The van der Waals surface area contributed by atoms with E-state index in [9.17, 15) is 0 Å². The van der Waals surface area contributed by atoms with Gasteiger partial charge in [0.25, 0.3) is 0 Å². The van der Waals surface area contributed by atoms with E-state index in [1.165, 1.54) is 27.6 Å². The van der Waals surface area contributed by atoms with E-state index in [0.29, 0.717) is 17.5 Å². The minimum absolute atomic E-state index is 0.182. The van der Waals surface area contributed by atoms with E-state index in [0.717, 1.165) is 66.3 Å². The zero-order chi connectivity index (χ0) is 35.3. The molecule has 250 valence electrons. The maximum Gasteiger partial charge on any atom is 0.164 e. The average Bonchev–Trinajstić information content (AvgIpc) is 3.85. The molecule has 0 N–H and O–H groups in total. The van der Waals surface area contributed by atoms with Crippen molar-refractivity contribution in [3.8, 4) is 56.4 Å². The number of furan rings is 2. The number of para-hydroxylation sites is 2. The van der Waals surface area contributed by atoms with Gasteiger partial charge in [-0.05, 0) is 81.9 Å². The van der Waals surface area contributed by atoms with Crippen LogP contribution < -0.4 is 0 Å².